The number of anilines is 1. The molecule has 2 fully saturated rings. The molecule has 140 valence electrons. The summed E-state index contributed by atoms with van der Waals surface area (Å²) in [5.41, 5.74) is 1.38. The van der Waals surface area contributed by atoms with Crippen LogP contribution in [0.1, 0.15) is 31.2 Å². The van der Waals surface area contributed by atoms with Crippen LogP contribution in [0.4, 0.5) is 10.5 Å². The highest BCUT2D eigenvalue weighted by Gasteiger charge is 2.42. The molecule has 2 saturated heterocycles. The molecule has 2 aliphatic rings. The SMILES string of the molecule is O=C(O)Cc1ccc(NC(=O)CCCC[C@@H]2SC[C@@H]3NC(=O)N[C@@H]32)cc1. The number of carboxylic acid groups (broad SMARTS) is 1. The summed E-state index contributed by atoms with van der Waals surface area (Å²) in [6, 6.07) is 7.25. The molecule has 1 aromatic rings. The number of carboxylic acids is 1. The van der Waals surface area contributed by atoms with Crippen molar-refractivity contribution in [3.63, 3.8) is 0 Å². The van der Waals surface area contributed by atoms with E-state index < -0.39 is 5.97 Å². The molecular weight excluding hydrogens is 354 g/mol. The molecule has 0 saturated carbocycles. The topological polar surface area (TPSA) is 108 Å². The zero-order valence-electron chi connectivity index (χ0n) is 14.4. The van der Waals surface area contributed by atoms with Gasteiger partial charge in [0.1, 0.15) is 0 Å². The van der Waals surface area contributed by atoms with Crippen molar-refractivity contribution in [3.05, 3.63) is 29.8 Å². The van der Waals surface area contributed by atoms with E-state index in [2.05, 4.69) is 16.0 Å². The summed E-state index contributed by atoms with van der Waals surface area (Å²) in [5.74, 6) is 0.0390. The van der Waals surface area contributed by atoms with Crippen molar-refractivity contribution >= 4 is 35.4 Å². The number of unbranched alkanes of at least 4 members (excludes halogenated alkanes) is 1. The van der Waals surface area contributed by atoms with Gasteiger partial charge in [-0.15, -0.1) is 0 Å². The van der Waals surface area contributed by atoms with Gasteiger partial charge in [-0.05, 0) is 30.5 Å². The third kappa shape index (κ3) is 4.91. The summed E-state index contributed by atoms with van der Waals surface area (Å²) in [7, 11) is 0. The van der Waals surface area contributed by atoms with Crippen LogP contribution in [0.25, 0.3) is 0 Å². The molecule has 26 heavy (non-hydrogen) atoms. The number of hydrogen-bond donors (Lipinski definition) is 4. The fourth-order valence-electron chi connectivity index (χ4n) is 3.38. The largest absolute Gasteiger partial charge is 0.481 e. The number of aliphatic carboxylic acids is 1. The lowest BCUT2D eigenvalue weighted by Crippen LogP contribution is -2.36. The van der Waals surface area contributed by atoms with Crippen molar-refractivity contribution < 1.29 is 19.5 Å². The lowest BCUT2D eigenvalue weighted by atomic mass is 10.0. The first-order valence-electron chi connectivity index (χ1n) is 8.80. The number of carbonyl (C=O) groups excluding carboxylic acids is 2. The Kier molecular flexibility index (Phi) is 6.03. The van der Waals surface area contributed by atoms with Crippen molar-refractivity contribution in [2.75, 3.05) is 11.1 Å². The Balaban J connectivity index is 1.34. The predicted molar refractivity (Wildman–Crippen MR) is 100 cm³/mol. The summed E-state index contributed by atoms with van der Waals surface area (Å²) in [6.45, 7) is 0. The molecule has 3 atom stereocenters. The molecule has 3 amide bonds. The molecule has 2 aliphatic heterocycles. The monoisotopic (exact) mass is 377 g/mol. The summed E-state index contributed by atoms with van der Waals surface area (Å²) >= 11 is 1.88. The van der Waals surface area contributed by atoms with Crippen LogP contribution in [0.2, 0.25) is 0 Å². The smallest absolute Gasteiger partial charge is 0.315 e. The van der Waals surface area contributed by atoms with Gasteiger partial charge in [-0.2, -0.15) is 11.8 Å². The van der Waals surface area contributed by atoms with Crippen LogP contribution in [0.15, 0.2) is 24.3 Å². The van der Waals surface area contributed by atoms with E-state index in [1.807, 2.05) is 11.8 Å². The van der Waals surface area contributed by atoms with E-state index in [1.165, 1.54) is 0 Å². The minimum Gasteiger partial charge on any atom is -0.481 e. The van der Waals surface area contributed by atoms with Crippen LogP contribution in [0.3, 0.4) is 0 Å². The number of rotatable bonds is 8. The van der Waals surface area contributed by atoms with Gasteiger partial charge in [0.05, 0.1) is 18.5 Å². The fourth-order valence-corrected chi connectivity index (χ4v) is 4.92. The lowest BCUT2D eigenvalue weighted by molar-refractivity contribution is -0.136. The Labute approximate surface area is 156 Å². The van der Waals surface area contributed by atoms with Gasteiger partial charge in [0.2, 0.25) is 5.91 Å². The Morgan fingerprint density at radius 2 is 1.96 bits per heavy atom. The first kappa shape index (κ1) is 18.6. The van der Waals surface area contributed by atoms with E-state index in [1.54, 1.807) is 24.3 Å². The predicted octanol–water partition coefficient (Wildman–Crippen LogP) is 1.98. The Bertz CT molecular complexity index is 680. The highest BCUT2D eigenvalue weighted by atomic mass is 32.2. The first-order valence-corrected chi connectivity index (χ1v) is 9.85. The molecule has 8 heteroatoms. The Hall–Kier alpha value is -2.22. The van der Waals surface area contributed by atoms with Crippen molar-refractivity contribution in [1.29, 1.82) is 0 Å². The van der Waals surface area contributed by atoms with E-state index >= 15 is 0 Å². The maximum atomic E-state index is 12.0. The van der Waals surface area contributed by atoms with Gasteiger partial charge in [0.15, 0.2) is 0 Å². The standard InChI is InChI=1S/C18H23N3O4S/c22-15(19-12-7-5-11(6-8-12)9-16(23)24)4-2-1-3-14-17-13(10-26-14)20-18(25)21-17/h5-8,13-14,17H,1-4,9-10H2,(H,19,22)(H,23,24)(H2,20,21,25)/t13-,14-,17-/m0/s1. The van der Waals surface area contributed by atoms with Crippen LogP contribution in [0, 0.1) is 0 Å². The quantitative estimate of drug-likeness (QED) is 0.409. The van der Waals surface area contributed by atoms with Gasteiger partial charge in [-0.3, -0.25) is 9.59 Å². The summed E-state index contributed by atoms with van der Waals surface area (Å²) in [4.78, 5) is 34.0. The third-order valence-electron chi connectivity index (χ3n) is 4.67. The molecule has 0 unspecified atom stereocenters. The highest BCUT2D eigenvalue weighted by molar-refractivity contribution is 8.00. The number of nitrogens with one attached hydrogen (secondary N) is 3. The van der Waals surface area contributed by atoms with Gasteiger partial charge in [-0.25, -0.2) is 4.79 Å². The van der Waals surface area contributed by atoms with Crippen LogP contribution in [0.5, 0.6) is 0 Å². The summed E-state index contributed by atoms with van der Waals surface area (Å²) in [5, 5.41) is 17.9. The normalized spacial score (nSPS) is 23.8. The molecule has 0 aliphatic carbocycles. The second-order valence-electron chi connectivity index (χ2n) is 6.68. The fraction of sp³-hybridized carbons (Fsp3) is 0.500. The Morgan fingerprint density at radius 3 is 2.69 bits per heavy atom. The van der Waals surface area contributed by atoms with Crippen LogP contribution in [-0.4, -0.2) is 46.1 Å². The maximum absolute atomic E-state index is 12.0. The number of benzene rings is 1. The maximum Gasteiger partial charge on any atom is 0.315 e. The van der Waals surface area contributed by atoms with E-state index in [4.69, 9.17) is 5.11 Å². The number of urea groups is 1. The van der Waals surface area contributed by atoms with E-state index in [9.17, 15) is 14.4 Å². The number of hydrogen-bond acceptors (Lipinski definition) is 4. The van der Waals surface area contributed by atoms with Gasteiger partial charge in [0, 0.05) is 23.1 Å². The van der Waals surface area contributed by atoms with Gasteiger partial charge >= 0.3 is 12.0 Å². The molecule has 4 N–H and O–H groups in total. The first-order chi connectivity index (χ1) is 12.5. The molecule has 0 spiro atoms. The van der Waals surface area contributed by atoms with Crippen molar-refractivity contribution in [2.45, 2.75) is 49.4 Å². The molecule has 2 heterocycles. The molecule has 0 bridgehead atoms. The second-order valence-corrected chi connectivity index (χ2v) is 7.96. The average molecular weight is 377 g/mol. The zero-order valence-corrected chi connectivity index (χ0v) is 15.2. The molecule has 1 aromatic carbocycles. The Morgan fingerprint density at radius 1 is 1.19 bits per heavy atom. The number of amides is 3. The molecule has 7 nitrogen and oxygen atoms in total. The average Bonchev–Trinajstić information content (AvgIpc) is 3.12. The van der Waals surface area contributed by atoms with E-state index in [0.29, 0.717) is 22.9 Å². The van der Waals surface area contributed by atoms with Gasteiger partial charge in [0.25, 0.3) is 0 Å². The number of fused-ring (bicyclic) bond motifs is 1. The minimum atomic E-state index is -0.874. The molecule has 0 radical (unpaired) electrons. The number of thioether (sulfide) groups is 1. The van der Waals surface area contributed by atoms with Crippen molar-refractivity contribution in [1.82, 2.24) is 10.6 Å². The van der Waals surface area contributed by atoms with E-state index in [-0.39, 0.29) is 30.4 Å². The third-order valence-corrected chi connectivity index (χ3v) is 6.18. The summed E-state index contributed by atoms with van der Waals surface area (Å²) in [6.07, 6.45) is 3.17. The van der Waals surface area contributed by atoms with Crippen LogP contribution < -0.4 is 16.0 Å². The second kappa shape index (κ2) is 8.44. The summed E-state index contributed by atoms with van der Waals surface area (Å²) < 4.78 is 0. The molecular formula is C18H23N3O4S. The van der Waals surface area contributed by atoms with Crippen LogP contribution >= 0.6 is 11.8 Å². The highest BCUT2D eigenvalue weighted by Crippen LogP contribution is 2.33. The number of carbonyl (C=O) groups is 3. The van der Waals surface area contributed by atoms with Crippen molar-refractivity contribution in [3.8, 4) is 0 Å². The zero-order chi connectivity index (χ0) is 18.5. The minimum absolute atomic E-state index is 0.0226. The lowest BCUT2D eigenvalue weighted by Gasteiger charge is -2.16. The van der Waals surface area contributed by atoms with Crippen molar-refractivity contribution in [2.24, 2.45) is 0 Å². The molecule has 3 rings (SSSR count). The van der Waals surface area contributed by atoms with Gasteiger partial charge in [-0.1, -0.05) is 18.6 Å². The van der Waals surface area contributed by atoms with Crippen LogP contribution in [-0.2, 0) is 16.0 Å². The van der Waals surface area contributed by atoms with E-state index in [0.717, 1.165) is 25.0 Å². The molecule has 0 aromatic heterocycles. The van der Waals surface area contributed by atoms with Gasteiger partial charge < -0.3 is 21.1 Å².